The minimum Gasteiger partial charge on any atom is -0.480 e. The Morgan fingerprint density at radius 2 is 1.81 bits per heavy atom. The van der Waals surface area contributed by atoms with Gasteiger partial charge in [0.1, 0.15) is 6.04 Å². The number of hydrogen-bond donors (Lipinski definition) is 3. The Hall–Kier alpha value is -2.57. The fraction of sp³-hybridized carbons (Fsp3) is 0.357. The highest BCUT2D eigenvalue weighted by atomic mass is 16.5. The highest BCUT2D eigenvalue weighted by Crippen LogP contribution is 2.10. The van der Waals surface area contributed by atoms with Crippen molar-refractivity contribution >= 4 is 18.0 Å². The molecule has 0 fully saturated rings. The lowest BCUT2D eigenvalue weighted by atomic mass is 10.1. The number of nitrogens with one attached hydrogen (secondary N) is 2. The summed E-state index contributed by atoms with van der Waals surface area (Å²) in [5, 5.41) is 13.8. The molecular formula is C14H18N2O5. The molecule has 1 rings (SSSR count). The normalized spacial score (nSPS) is 12.9. The Bertz CT molecular complexity index is 503. The van der Waals surface area contributed by atoms with Crippen LogP contribution < -0.4 is 10.6 Å². The van der Waals surface area contributed by atoms with Gasteiger partial charge in [-0.2, -0.15) is 0 Å². The second-order valence-corrected chi connectivity index (χ2v) is 4.42. The second kappa shape index (κ2) is 7.88. The van der Waals surface area contributed by atoms with Gasteiger partial charge in [-0.25, -0.2) is 9.59 Å². The Labute approximate surface area is 122 Å². The first-order valence-corrected chi connectivity index (χ1v) is 6.35. The van der Waals surface area contributed by atoms with Crippen molar-refractivity contribution in [2.24, 2.45) is 0 Å². The largest absolute Gasteiger partial charge is 0.480 e. The maximum absolute atomic E-state index is 11.8. The van der Waals surface area contributed by atoms with Gasteiger partial charge in [-0.15, -0.1) is 0 Å². The smallest absolute Gasteiger partial charge is 0.326 e. The third kappa shape index (κ3) is 5.52. The van der Waals surface area contributed by atoms with Crippen LogP contribution in [0.3, 0.4) is 0 Å². The maximum Gasteiger partial charge on any atom is 0.326 e. The lowest BCUT2D eigenvalue weighted by Gasteiger charge is -2.18. The molecule has 2 atom stereocenters. The van der Waals surface area contributed by atoms with Gasteiger partial charge in [0, 0.05) is 0 Å². The van der Waals surface area contributed by atoms with E-state index < -0.39 is 30.4 Å². The number of urea groups is 1. The molecule has 2 amide bonds. The first-order valence-electron chi connectivity index (χ1n) is 6.35. The van der Waals surface area contributed by atoms with Gasteiger partial charge in [-0.05, 0) is 12.5 Å². The standard InChI is InChI=1S/C14H18N2O5/c1-9(10-6-4-3-5-7-10)15-14(20)16-11(13(18)19)8-12(17)21-2/h3-7,9,11H,8H2,1-2H3,(H,18,19)(H2,15,16,20)/t9?,11-/m0/s1. The van der Waals surface area contributed by atoms with Crippen molar-refractivity contribution in [3.05, 3.63) is 35.9 Å². The van der Waals surface area contributed by atoms with E-state index in [9.17, 15) is 14.4 Å². The molecule has 7 heteroatoms. The molecule has 0 bridgehead atoms. The third-order valence-electron chi connectivity index (χ3n) is 2.85. The highest BCUT2D eigenvalue weighted by Gasteiger charge is 2.24. The number of benzene rings is 1. The van der Waals surface area contributed by atoms with Crippen LogP contribution in [0.2, 0.25) is 0 Å². The topological polar surface area (TPSA) is 105 Å². The molecule has 0 aromatic heterocycles. The summed E-state index contributed by atoms with van der Waals surface area (Å²) in [6, 6.07) is 6.92. The van der Waals surface area contributed by atoms with Gasteiger partial charge in [-0.3, -0.25) is 4.79 Å². The van der Waals surface area contributed by atoms with Crippen LogP contribution in [0.5, 0.6) is 0 Å². The van der Waals surface area contributed by atoms with Crippen molar-refractivity contribution in [2.75, 3.05) is 7.11 Å². The van der Waals surface area contributed by atoms with Crippen LogP contribution in [0, 0.1) is 0 Å². The molecule has 0 spiro atoms. The molecule has 1 unspecified atom stereocenters. The Balaban J connectivity index is 2.58. The van der Waals surface area contributed by atoms with Gasteiger partial charge < -0.3 is 20.5 Å². The lowest BCUT2D eigenvalue weighted by Crippen LogP contribution is -2.47. The van der Waals surface area contributed by atoms with E-state index in [0.717, 1.165) is 12.7 Å². The first-order chi connectivity index (χ1) is 9.93. The van der Waals surface area contributed by atoms with Gasteiger partial charge in [0.25, 0.3) is 0 Å². The molecule has 0 aliphatic rings. The molecular weight excluding hydrogens is 276 g/mol. The van der Waals surface area contributed by atoms with Crippen molar-refractivity contribution in [1.82, 2.24) is 10.6 Å². The lowest BCUT2D eigenvalue weighted by molar-refractivity contribution is -0.147. The molecule has 1 aromatic carbocycles. The predicted octanol–water partition coefficient (Wildman–Crippen LogP) is 1.06. The van der Waals surface area contributed by atoms with E-state index in [2.05, 4.69) is 15.4 Å². The fourth-order valence-corrected chi connectivity index (χ4v) is 1.67. The van der Waals surface area contributed by atoms with Crippen LogP contribution in [-0.2, 0) is 14.3 Å². The molecule has 21 heavy (non-hydrogen) atoms. The summed E-state index contributed by atoms with van der Waals surface area (Å²) in [5.41, 5.74) is 0.882. The second-order valence-electron chi connectivity index (χ2n) is 4.42. The number of carboxylic acid groups (broad SMARTS) is 1. The monoisotopic (exact) mass is 294 g/mol. The minimum absolute atomic E-state index is 0.293. The van der Waals surface area contributed by atoms with E-state index in [0.29, 0.717) is 0 Å². The first kappa shape index (κ1) is 16.5. The zero-order chi connectivity index (χ0) is 15.8. The van der Waals surface area contributed by atoms with E-state index in [1.165, 1.54) is 0 Å². The summed E-state index contributed by atoms with van der Waals surface area (Å²) in [6.07, 6.45) is -0.432. The molecule has 0 saturated carbocycles. The van der Waals surface area contributed by atoms with Crippen molar-refractivity contribution in [1.29, 1.82) is 0 Å². The summed E-state index contributed by atoms with van der Waals surface area (Å²) < 4.78 is 4.39. The Morgan fingerprint density at radius 1 is 1.19 bits per heavy atom. The van der Waals surface area contributed by atoms with E-state index >= 15 is 0 Å². The third-order valence-corrected chi connectivity index (χ3v) is 2.85. The van der Waals surface area contributed by atoms with Gasteiger partial charge in [0.05, 0.1) is 19.6 Å². The predicted molar refractivity (Wildman–Crippen MR) is 74.6 cm³/mol. The number of carboxylic acids is 1. The van der Waals surface area contributed by atoms with Crippen molar-refractivity contribution in [2.45, 2.75) is 25.4 Å². The number of carbonyl (C=O) groups excluding carboxylic acids is 2. The minimum atomic E-state index is -1.33. The molecule has 3 N–H and O–H groups in total. The number of amides is 2. The highest BCUT2D eigenvalue weighted by molar-refractivity contribution is 5.86. The fourth-order valence-electron chi connectivity index (χ4n) is 1.67. The van der Waals surface area contributed by atoms with Crippen LogP contribution in [0.4, 0.5) is 4.79 Å². The van der Waals surface area contributed by atoms with Crippen molar-refractivity contribution in [3.63, 3.8) is 0 Å². The molecule has 0 heterocycles. The molecule has 0 aliphatic heterocycles. The number of rotatable bonds is 6. The van der Waals surface area contributed by atoms with Gasteiger partial charge >= 0.3 is 18.0 Å². The number of ether oxygens (including phenoxy) is 1. The number of esters is 1. The number of hydrogen-bond acceptors (Lipinski definition) is 4. The number of carbonyl (C=O) groups is 3. The van der Waals surface area contributed by atoms with Crippen LogP contribution in [0.25, 0.3) is 0 Å². The number of methoxy groups -OCH3 is 1. The maximum atomic E-state index is 11.8. The zero-order valence-electron chi connectivity index (χ0n) is 11.8. The van der Waals surface area contributed by atoms with Gasteiger partial charge in [0.2, 0.25) is 0 Å². The average Bonchev–Trinajstić information content (AvgIpc) is 2.47. The quantitative estimate of drug-likeness (QED) is 0.680. The van der Waals surface area contributed by atoms with E-state index in [-0.39, 0.29) is 6.04 Å². The van der Waals surface area contributed by atoms with Crippen LogP contribution in [0.1, 0.15) is 24.9 Å². The number of aliphatic carboxylic acids is 1. The van der Waals surface area contributed by atoms with E-state index in [1.807, 2.05) is 30.3 Å². The Kier molecular flexibility index (Phi) is 6.19. The van der Waals surface area contributed by atoms with Gasteiger partial charge in [0.15, 0.2) is 0 Å². The SMILES string of the molecule is COC(=O)C[C@H](NC(=O)NC(C)c1ccccc1)C(=O)O. The van der Waals surface area contributed by atoms with E-state index in [4.69, 9.17) is 5.11 Å². The van der Waals surface area contributed by atoms with E-state index in [1.54, 1.807) is 6.92 Å². The summed E-state index contributed by atoms with van der Waals surface area (Å²) >= 11 is 0. The van der Waals surface area contributed by atoms with Crippen LogP contribution >= 0.6 is 0 Å². The zero-order valence-corrected chi connectivity index (χ0v) is 11.8. The summed E-state index contributed by atoms with van der Waals surface area (Å²) in [5.74, 6) is -2.01. The molecule has 1 aromatic rings. The summed E-state index contributed by atoms with van der Waals surface area (Å²) in [6.45, 7) is 1.77. The molecule has 7 nitrogen and oxygen atoms in total. The summed E-state index contributed by atoms with van der Waals surface area (Å²) in [4.78, 5) is 33.9. The van der Waals surface area contributed by atoms with Crippen LogP contribution in [-0.4, -0.2) is 36.2 Å². The average molecular weight is 294 g/mol. The van der Waals surface area contributed by atoms with Crippen LogP contribution in [0.15, 0.2) is 30.3 Å². The molecule has 0 aliphatic carbocycles. The molecule has 114 valence electrons. The molecule has 0 saturated heterocycles. The Morgan fingerprint density at radius 3 is 2.33 bits per heavy atom. The van der Waals surface area contributed by atoms with Crippen molar-refractivity contribution in [3.8, 4) is 0 Å². The molecule has 0 radical (unpaired) electrons. The van der Waals surface area contributed by atoms with Gasteiger partial charge in [-0.1, -0.05) is 30.3 Å². The summed E-state index contributed by atoms with van der Waals surface area (Å²) in [7, 11) is 1.15. The van der Waals surface area contributed by atoms with Crippen molar-refractivity contribution < 1.29 is 24.2 Å².